The summed E-state index contributed by atoms with van der Waals surface area (Å²) in [5.41, 5.74) is 5.26. The molecule has 2 unspecified atom stereocenters. The second-order valence-electron chi connectivity index (χ2n) is 5.57. The summed E-state index contributed by atoms with van der Waals surface area (Å²) < 4.78 is 5.19. The molecule has 1 aliphatic carbocycles. The second-order valence-corrected chi connectivity index (χ2v) is 5.57. The van der Waals surface area contributed by atoms with E-state index in [1.54, 1.807) is 0 Å². The molecule has 1 fully saturated rings. The van der Waals surface area contributed by atoms with Crippen molar-refractivity contribution in [3.05, 3.63) is 0 Å². The fraction of sp³-hybridized carbons (Fsp3) is 0.917. The predicted molar refractivity (Wildman–Crippen MR) is 64.1 cm³/mol. The van der Waals surface area contributed by atoms with Gasteiger partial charge in [0, 0.05) is 6.54 Å². The lowest BCUT2D eigenvalue weighted by molar-refractivity contribution is 0.0516. The Morgan fingerprint density at radius 3 is 2.56 bits per heavy atom. The van der Waals surface area contributed by atoms with Gasteiger partial charge in [0.05, 0.1) is 0 Å². The topological polar surface area (TPSA) is 64.3 Å². The predicted octanol–water partition coefficient (Wildman–Crippen LogP) is 1.89. The first-order valence-corrected chi connectivity index (χ1v) is 6.09. The zero-order valence-corrected chi connectivity index (χ0v) is 10.6. The van der Waals surface area contributed by atoms with Crippen molar-refractivity contribution in [2.45, 2.75) is 45.6 Å². The molecule has 0 saturated heterocycles. The van der Waals surface area contributed by atoms with Crippen molar-refractivity contribution in [2.75, 3.05) is 13.1 Å². The Hall–Kier alpha value is -0.770. The normalized spacial score (nSPS) is 25.5. The number of carbonyl (C=O) groups excluding carboxylic acids is 1. The van der Waals surface area contributed by atoms with Crippen LogP contribution in [0.3, 0.4) is 0 Å². The van der Waals surface area contributed by atoms with Gasteiger partial charge in [0.25, 0.3) is 0 Å². The van der Waals surface area contributed by atoms with Gasteiger partial charge < -0.3 is 15.8 Å². The number of ether oxygens (including phenoxy) is 1. The standard InChI is InChI=1S/C12H24N2O2/c1-12(2,3)16-11(15)14-8-10-6-4-5-9(10)7-13/h9-10H,4-8,13H2,1-3H3,(H,14,15). The summed E-state index contributed by atoms with van der Waals surface area (Å²) >= 11 is 0. The minimum atomic E-state index is -0.424. The van der Waals surface area contributed by atoms with Crippen LogP contribution in [0.4, 0.5) is 4.79 Å². The average molecular weight is 228 g/mol. The van der Waals surface area contributed by atoms with Crippen LogP contribution in [0.25, 0.3) is 0 Å². The summed E-state index contributed by atoms with van der Waals surface area (Å²) in [5, 5.41) is 2.83. The fourth-order valence-electron chi connectivity index (χ4n) is 2.22. The summed E-state index contributed by atoms with van der Waals surface area (Å²) in [6.45, 7) is 7.01. The molecule has 0 radical (unpaired) electrons. The van der Waals surface area contributed by atoms with Gasteiger partial charge in [0.1, 0.15) is 5.60 Å². The molecule has 1 saturated carbocycles. The molecule has 3 N–H and O–H groups in total. The lowest BCUT2D eigenvalue weighted by Crippen LogP contribution is -2.36. The molecule has 16 heavy (non-hydrogen) atoms. The molecular weight excluding hydrogens is 204 g/mol. The van der Waals surface area contributed by atoms with Crippen molar-refractivity contribution in [3.8, 4) is 0 Å². The number of amides is 1. The van der Waals surface area contributed by atoms with Gasteiger partial charge in [-0.05, 0) is 52.0 Å². The van der Waals surface area contributed by atoms with Gasteiger partial charge >= 0.3 is 6.09 Å². The van der Waals surface area contributed by atoms with E-state index in [2.05, 4.69) is 5.32 Å². The zero-order valence-electron chi connectivity index (χ0n) is 10.6. The molecule has 4 nitrogen and oxygen atoms in total. The number of nitrogens with two attached hydrogens (primary N) is 1. The third-order valence-electron chi connectivity index (χ3n) is 3.03. The van der Waals surface area contributed by atoms with E-state index in [4.69, 9.17) is 10.5 Å². The van der Waals surface area contributed by atoms with Crippen LogP contribution >= 0.6 is 0 Å². The maximum absolute atomic E-state index is 11.4. The molecule has 4 heteroatoms. The highest BCUT2D eigenvalue weighted by Gasteiger charge is 2.26. The summed E-state index contributed by atoms with van der Waals surface area (Å²) in [4.78, 5) is 11.4. The zero-order chi connectivity index (χ0) is 12.2. The van der Waals surface area contributed by atoms with Crippen LogP contribution in [0.5, 0.6) is 0 Å². The number of hydrogen-bond donors (Lipinski definition) is 2. The number of alkyl carbamates (subject to hydrolysis) is 1. The van der Waals surface area contributed by atoms with Crippen LogP contribution in [0.2, 0.25) is 0 Å². The first-order chi connectivity index (χ1) is 7.42. The molecule has 0 spiro atoms. The third kappa shape index (κ3) is 4.39. The Kier molecular flexibility index (Phi) is 4.59. The van der Waals surface area contributed by atoms with E-state index in [1.807, 2.05) is 20.8 Å². The van der Waals surface area contributed by atoms with Crippen LogP contribution in [0.15, 0.2) is 0 Å². The minimum Gasteiger partial charge on any atom is -0.444 e. The minimum absolute atomic E-state index is 0.324. The van der Waals surface area contributed by atoms with Gasteiger partial charge in [-0.3, -0.25) is 0 Å². The fourth-order valence-corrected chi connectivity index (χ4v) is 2.22. The van der Waals surface area contributed by atoms with E-state index in [-0.39, 0.29) is 6.09 Å². The Balaban J connectivity index is 2.26. The summed E-state index contributed by atoms with van der Waals surface area (Å²) in [6, 6.07) is 0. The Morgan fingerprint density at radius 1 is 1.38 bits per heavy atom. The molecular formula is C12H24N2O2. The van der Waals surface area contributed by atoms with Gasteiger partial charge in [-0.1, -0.05) is 6.42 Å². The molecule has 0 bridgehead atoms. The summed E-state index contributed by atoms with van der Waals surface area (Å²) in [7, 11) is 0. The van der Waals surface area contributed by atoms with Crippen LogP contribution in [-0.4, -0.2) is 24.8 Å². The van der Waals surface area contributed by atoms with Crippen molar-refractivity contribution < 1.29 is 9.53 Å². The van der Waals surface area contributed by atoms with Crippen LogP contribution in [0, 0.1) is 11.8 Å². The molecule has 1 rings (SSSR count). The second kappa shape index (κ2) is 5.53. The summed E-state index contributed by atoms with van der Waals surface area (Å²) in [6.07, 6.45) is 3.26. The number of carbonyl (C=O) groups is 1. The van der Waals surface area contributed by atoms with Crippen LogP contribution in [-0.2, 0) is 4.74 Å². The number of rotatable bonds is 3. The van der Waals surface area contributed by atoms with Gasteiger partial charge in [-0.15, -0.1) is 0 Å². The maximum Gasteiger partial charge on any atom is 0.407 e. The van der Waals surface area contributed by atoms with Crippen molar-refractivity contribution in [1.82, 2.24) is 5.32 Å². The van der Waals surface area contributed by atoms with Gasteiger partial charge in [-0.2, -0.15) is 0 Å². The van der Waals surface area contributed by atoms with E-state index in [0.717, 1.165) is 13.0 Å². The lowest BCUT2D eigenvalue weighted by atomic mass is 9.96. The van der Waals surface area contributed by atoms with E-state index >= 15 is 0 Å². The van der Waals surface area contributed by atoms with Gasteiger partial charge in [0.15, 0.2) is 0 Å². The van der Waals surface area contributed by atoms with E-state index in [1.165, 1.54) is 12.8 Å². The molecule has 0 aromatic carbocycles. The smallest absolute Gasteiger partial charge is 0.407 e. The van der Waals surface area contributed by atoms with Crippen molar-refractivity contribution >= 4 is 6.09 Å². The monoisotopic (exact) mass is 228 g/mol. The van der Waals surface area contributed by atoms with Crippen molar-refractivity contribution in [2.24, 2.45) is 17.6 Å². The molecule has 0 aromatic rings. The van der Waals surface area contributed by atoms with Crippen molar-refractivity contribution in [3.63, 3.8) is 0 Å². The third-order valence-corrected chi connectivity index (χ3v) is 3.03. The number of hydrogen-bond acceptors (Lipinski definition) is 3. The van der Waals surface area contributed by atoms with Crippen LogP contribution < -0.4 is 11.1 Å². The maximum atomic E-state index is 11.4. The highest BCUT2D eigenvalue weighted by atomic mass is 16.6. The molecule has 94 valence electrons. The van der Waals surface area contributed by atoms with E-state index in [9.17, 15) is 4.79 Å². The van der Waals surface area contributed by atoms with Crippen molar-refractivity contribution in [1.29, 1.82) is 0 Å². The lowest BCUT2D eigenvalue weighted by Gasteiger charge is -2.22. The average Bonchev–Trinajstić information content (AvgIpc) is 2.59. The van der Waals surface area contributed by atoms with Gasteiger partial charge in [-0.25, -0.2) is 4.79 Å². The van der Waals surface area contributed by atoms with E-state index < -0.39 is 5.60 Å². The number of nitrogens with one attached hydrogen (secondary N) is 1. The van der Waals surface area contributed by atoms with Crippen LogP contribution in [0.1, 0.15) is 40.0 Å². The highest BCUT2D eigenvalue weighted by molar-refractivity contribution is 5.67. The summed E-state index contributed by atoms with van der Waals surface area (Å²) in [5.74, 6) is 1.09. The molecule has 0 aliphatic heterocycles. The highest BCUT2D eigenvalue weighted by Crippen LogP contribution is 2.30. The molecule has 0 aromatic heterocycles. The molecule has 1 amide bonds. The largest absolute Gasteiger partial charge is 0.444 e. The molecule has 1 aliphatic rings. The Labute approximate surface area is 97.9 Å². The van der Waals surface area contributed by atoms with Gasteiger partial charge in [0.2, 0.25) is 0 Å². The molecule has 0 heterocycles. The molecule has 2 atom stereocenters. The first kappa shape index (κ1) is 13.3. The SMILES string of the molecule is CC(C)(C)OC(=O)NCC1CCCC1CN. The first-order valence-electron chi connectivity index (χ1n) is 6.09. The Morgan fingerprint density at radius 2 is 2.00 bits per heavy atom. The quantitative estimate of drug-likeness (QED) is 0.775. The van der Waals surface area contributed by atoms with E-state index in [0.29, 0.717) is 18.4 Å². The Bertz CT molecular complexity index is 236.